The maximum Gasteiger partial charge on any atom is 0.224 e. The molecule has 2 saturated carbocycles. The van der Waals surface area contributed by atoms with Gasteiger partial charge in [-0.2, -0.15) is 0 Å². The van der Waals surface area contributed by atoms with Crippen LogP contribution < -0.4 is 10.6 Å². The Morgan fingerprint density at radius 3 is 2.74 bits per heavy atom. The first-order valence-corrected chi connectivity index (χ1v) is 8.35. The molecule has 0 radical (unpaired) electrons. The molecule has 2 atom stereocenters. The largest absolute Gasteiger partial charge is 0.361 e. The van der Waals surface area contributed by atoms with Crippen molar-refractivity contribution in [3.8, 4) is 0 Å². The Hall–Kier alpha value is -2.30. The van der Waals surface area contributed by atoms with Crippen LogP contribution in [0.3, 0.4) is 0 Å². The summed E-state index contributed by atoms with van der Waals surface area (Å²) >= 11 is 0. The minimum atomic E-state index is -0.128. The van der Waals surface area contributed by atoms with Crippen molar-refractivity contribution in [3.63, 3.8) is 0 Å². The Kier molecular flexibility index (Phi) is 3.56. The van der Waals surface area contributed by atoms with Crippen LogP contribution in [0.4, 0.5) is 0 Å². The zero-order valence-electron chi connectivity index (χ0n) is 13.0. The first-order valence-electron chi connectivity index (χ1n) is 8.35. The number of para-hydroxylation sites is 1. The first-order chi connectivity index (χ1) is 11.2. The first kappa shape index (κ1) is 14.3. The number of hydrogen-bond acceptors (Lipinski definition) is 2. The van der Waals surface area contributed by atoms with Crippen LogP contribution in [0.2, 0.25) is 0 Å². The number of carbonyl (C=O) groups excluding carboxylic acids is 2. The molecule has 5 heteroatoms. The van der Waals surface area contributed by atoms with Crippen LogP contribution in [-0.4, -0.2) is 29.4 Å². The highest BCUT2D eigenvalue weighted by molar-refractivity contribution is 5.92. The molecule has 2 aromatic rings. The molecule has 3 N–H and O–H groups in total. The third-order valence-electron chi connectivity index (χ3n) is 4.76. The number of nitrogens with one attached hydrogen (secondary N) is 3. The van der Waals surface area contributed by atoms with Crippen molar-refractivity contribution in [1.82, 2.24) is 15.6 Å². The number of rotatable bonds is 6. The fraction of sp³-hybridized carbons (Fsp3) is 0.444. The van der Waals surface area contributed by atoms with Gasteiger partial charge in [0, 0.05) is 29.7 Å². The SMILES string of the molecule is O=C(NCCc1c[nH]c2ccccc12)C1CC1C(=O)NC1CC1. The molecule has 5 nitrogen and oxygen atoms in total. The zero-order valence-corrected chi connectivity index (χ0v) is 13.0. The van der Waals surface area contributed by atoms with Crippen molar-refractivity contribution in [2.24, 2.45) is 11.8 Å². The number of amides is 2. The molecule has 1 aromatic carbocycles. The molecule has 2 fully saturated rings. The predicted molar refractivity (Wildman–Crippen MR) is 87.8 cm³/mol. The van der Waals surface area contributed by atoms with Crippen LogP contribution in [0.1, 0.15) is 24.8 Å². The van der Waals surface area contributed by atoms with E-state index < -0.39 is 0 Å². The lowest BCUT2D eigenvalue weighted by molar-refractivity contribution is -0.127. The molecule has 2 unspecified atom stereocenters. The van der Waals surface area contributed by atoms with Crippen molar-refractivity contribution in [2.75, 3.05) is 6.54 Å². The summed E-state index contributed by atoms with van der Waals surface area (Å²) in [7, 11) is 0. The van der Waals surface area contributed by atoms with Gasteiger partial charge in [-0.05, 0) is 37.3 Å². The number of fused-ring (bicyclic) bond motifs is 1. The Morgan fingerprint density at radius 1 is 1.13 bits per heavy atom. The average Bonchev–Trinajstić information content (AvgIpc) is 3.46. The van der Waals surface area contributed by atoms with Gasteiger partial charge in [-0.3, -0.25) is 9.59 Å². The topological polar surface area (TPSA) is 74.0 Å². The highest BCUT2D eigenvalue weighted by Crippen LogP contribution is 2.39. The van der Waals surface area contributed by atoms with Gasteiger partial charge in [0.05, 0.1) is 11.8 Å². The van der Waals surface area contributed by atoms with Crippen LogP contribution >= 0.6 is 0 Å². The molecular weight excluding hydrogens is 290 g/mol. The minimum Gasteiger partial charge on any atom is -0.361 e. The summed E-state index contributed by atoms with van der Waals surface area (Å²) in [4.78, 5) is 27.2. The molecule has 4 rings (SSSR count). The fourth-order valence-corrected chi connectivity index (χ4v) is 3.10. The van der Waals surface area contributed by atoms with E-state index in [1.165, 1.54) is 10.9 Å². The number of aromatic amines is 1. The van der Waals surface area contributed by atoms with E-state index in [0.717, 1.165) is 24.8 Å². The van der Waals surface area contributed by atoms with Crippen molar-refractivity contribution < 1.29 is 9.59 Å². The number of carbonyl (C=O) groups is 2. The van der Waals surface area contributed by atoms with E-state index in [1.807, 2.05) is 24.4 Å². The van der Waals surface area contributed by atoms with Crippen molar-refractivity contribution in [2.45, 2.75) is 31.7 Å². The van der Waals surface area contributed by atoms with E-state index in [0.29, 0.717) is 19.0 Å². The minimum absolute atomic E-state index is 0.0146. The number of benzene rings is 1. The summed E-state index contributed by atoms with van der Waals surface area (Å²) in [6, 6.07) is 8.52. The summed E-state index contributed by atoms with van der Waals surface area (Å²) in [5.74, 6) is -0.162. The average molecular weight is 311 g/mol. The van der Waals surface area contributed by atoms with Gasteiger partial charge in [0.15, 0.2) is 0 Å². The standard InChI is InChI=1S/C18H21N3O2/c22-17(14-9-15(14)18(23)21-12-5-6-12)19-8-7-11-10-20-16-4-2-1-3-13(11)16/h1-4,10,12,14-15,20H,5-9H2,(H,19,22)(H,21,23). The van der Waals surface area contributed by atoms with Crippen molar-refractivity contribution >= 4 is 22.7 Å². The van der Waals surface area contributed by atoms with Gasteiger partial charge in [0.25, 0.3) is 0 Å². The van der Waals surface area contributed by atoms with Gasteiger partial charge < -0.3 is 15.6 Å². The zero-order chi connectivity index (χ0) is 15.8. The summed E-state index contributed by atoms with van der Waals surface area (Å²) < 4.78 is 0. The Morgan fingerprint density at radius 2 is 1.91 bits per heavy atom. The van der Waals surface area contributed by atoms with Gasteiger partial charge in [-0.15, -0.1) is 0 Å². The molecule has 2 aliphatic carbocycles. The van der Waals surface area contributed by atoms with Crippen LogP contribution in [0.15, 0.2) is 30.5 Å². The van der Waals surface area contributed by atoms with Gasteiger partial charge in [0.1, 0.15) is 0 Å². The smallest absolute Gasteiger partial charge is 0.224 e. The van der Waals surface area contributed by atoms with Crippen LogP contribution in [-0.2, 0) is 16.0 Å². The molecule has 0 saturated heterocycles. The molecule has 0 aliphatic heterocycles. The maximum atomic E-state index is 12.1. The maximum absolute atomic E-state index is 12.1. The van der Waals surface area contributed by atoms with Crippen LogP contribution in [0.5, 0.6) is 0 Å². The molecule has 23 heavy (non-hydrogen) atoms. The number of H-pyrrole nitrogens is 1. The molecule has 0 bridgehead atoms. The third-order valence-corrected chi connectivity index (χ3v) is 4.76. The quantitative estimate of drug-likeness (QED) is 0.760. The third kappa shape index (κ3) is 3.09. The summed E-state index contributed by atoms with van der Waals surface area (Å²) in [6.07, 6.45) is 5.65. The van der Waals surface area contributed by atoms with Gasteiger partial charge >= 0.3 is 0 Å². The summed E-state index contributed by atoms with van der Waals surface area (Å²) in [6.45, 7) is 0.605. The molecular formula is C18H21N3O2. The molecule has 2 amide bonds. The van der Waals surface area contributed by atoms with E-state index in [2.05, 4.69) is 21.7 Å². The lowest BCUT2D eigenvalue weighted by Crippen LogP contribution is -2.32. The lowest BCUT2D eigenvalue weighted by atomic mass is 10.1. The van der Waals surface area contributed by atoms with Gasteiger partial charge in [-0.1, -0.05) is 18.2 Å². The monoisotopic (exact) mass is 311 g/mol. The molecule has 2 aliphatic rings. The summed E-state index contributed by atoms with van der Waals surface area (Å²) in [5.41, 5.74) is 2.33. The molecule has 120 valence electrons. The van der Waals surface area contributed by atoms with Gasteiger partial charge in [-0.25, -0.2) is 0 Å². The molecule has 1 heterocycles. The summed E-state index contributed by atoms with van der Waals surface area (Å²) in [5, 5.41) is 7.15. The number of hydrogen-bond donors (Lipinski definition) is 3. The van der Waals surface area contributed by atoms with E-state index in [-0.39, 0.29) is 23.7 Å². The highest BCUT2D eigenvalue weighted by atomic mass is 16.2. The highest BCUT2D eigenvalue weighted by Gasteiger charge is 2.48. The number of aromatic nitrogens is 1. The van der Waals surface area contributed by atoms with E-state index in [4.69, 9.17) is 0 Å². The van der Waals surface area contributed by atoms with Crippen LogP contribution in [0.25, 0.3) is 10.9 Å². The van der Waals surface area contributed by atoms with E-state index in [1.54, 1.807) is 0 Å². The Labute approximate surface area is 134 Å². The Balaban J connectivity index is 1.25. The predicted octanol–water partition coefficient (Wildman–Crippen LogP) is 1.74. The van der Waals surface area contributed by atoms with Crippen LogP contribution in [0, 0.1) is 11.8 Å². The van der Waals surface area contributed by atoms with Crippen molar-refractivity contribution in [1.29, 1.82) is 0 Å². The lowest BCUT2D eigenvalue weighted by Gasteiger charge is -2.05. The van der Waals surface area contributed by atoms with Crippen molar-refractivity contribution in [3.05, 3.63) is 36.0 Å². The Bertz CT molecular complexity index is 748. The normalized spacial score (nSPS) is 22.8. The van der Waals surface area contributed by atoms with E-state index >= 15 is 0 Å². The molecule has 0 spiro atoms. The van der Waals surface area contributed by atoms with E-state index in [9.17, 15) is 9.59 Å². The second kappa shape index (κ2) is 5.72. The second-order valence-corrected chi connectivity index (χ2v) is 6.63. The van der Waals surface area contributed by atoms with Gasteiger partial charge in [0.2, 0.25) is 11.8 Å². The molecule has 1 aromatic heterocycles. The second-order valence-electron chi connectivity index (χ2n) is 6.63. The fourth-order valence-electron chi connectivity index (χ4n) is 3.10.